The molecule has 2 atom stereocenters. The van der Waals surface area contributed by atoms with Gasteiger partial charge in [0.25, 0.3) is 0 Å². The fourth-order valence-electron chi connectivity index (χ4n) is 2.85. The molecule has 0 aromatic heterocycles. The highest BCUT2D eigenvalue weighted by Gasteiger charge is 2.21. The van der Waals surface area contributed by atoms with E-state index < -0.39 is 0 Å². The van der Waals surface area contributed by atoms with Crippen molar-refractivity contribution in [2.75, 3.05) is 13.7 Å². The van der Waals surface area contributed by atoms with Crippen LogP contribution in [-0.2, 0) is 11.2 Å². The number of nitrogens with one attached hydrogen (secondary N) is 2. The first-order valence-corrected chi connectivity index (χ1v) is 7.86. The van der Waals surface area contributed by atoms with Crippen molar-refractivity contribution in [3.05, 3.63) is 29.8 Å². The van der Waals surface area contributed by atoms with Crippen molar-refractivity contribution in [2.45, 2.75) is 51.1 Å². The molecule has 0 radical (unpaired) electrons. The van der Waals surface area contributed by atoms with E-state index in [2.05, 4.69) is 10.6 Å². The Morgan fingerprint density at radius 1 is 1.38 bits per heavy atom. The van der Waals surface area contributed by atoms with Crippen molar-refractivity contribution >= 4 is 5.91 Å². The number of carbonyl (C=O) groups is 1. The molecule has 0 bridgehead atoms. The molecule has 4 heteroatoms. The molecule has 0 aliphatic carbocycles. The lowest BCUT2D eigenvalue weighted by atomic mass is 10.0. The third kappa shape index (κ3) is 4.74. The summed E-state index contributed by atoms with van der Waals surface area (Å²) in [6, 6.07) is 8.02. The van der Waals surface area contributed by atoms with Crippen LogP contribution in [0.1, 0.15) is 38.2 Å². The summed E-state index contributed by atoms with van der Waals surface area (Å²) in [5, 5.41) is 6.46. The number of carbonyl (C=O) groups excluding carboxylic acids is 1. The molecule has 1 aromatic carbocycles. The summed E-state index contributed by atoms with van der Waals surface area (Å²) in [6.45, 7) is 2.99. The van der Waals surface area contributed by atoms with Crippen LogP contribution in [-0.4, -0.2) is 31.6 Å². The second kappa shape index (κ2) is 8.03. The summed E-state index contributed by atoms with van der Waals surface area (Å²) >= 11 is 0. The van der Waals surface area contributed by atoms with Crippen LogP contribution in [0.2, 0.25) is 0 Å². The zero-order chi connectivity index (χ0) is 15.1. The van der Waals surface area contributed by atoms with Crippen LogP contribution in [0.25, 0.3) is 0 Å². The third-order valence-electron chi connectivity index (χ3n) is 3.98. The molecule has 1 aromatic rings. The van der Waals surface area contributed by atoms with Crippen molar-refractivity contribution in [2.24, 2.45) is 0 Å². The molecule has 21 heavy (non-hydrogen) atoms. The van der Waals surface area contributed by atoms with Crippen molar-refractivity contribution in [3.63, 3.8) is 0 Å². The number of amides is 1. The maximum absolute atomic E-state index is 12.3. The van der Waals surface area contributed by atoms with Gasteiger partial charge in [0.1, 0.15) is 5.75 Å². The fraction of sp³-hybridized carbons (Fsp3) is 0.588. The number of para-hydroxylation sites is 1. The van der Waals surface area contributed by atoms with Crippen molar-refractivity contribution < 1.29 is 9.53 Å². The van der Waals surface area contributed by atoms with E-state index >= 15 is 0 Å². The van der Waals surface area contributed by atoms with Crippen molar-refractivity contribution in [1.29, 1.82) is 0 Å². The summed E-state index contributed by atoms with van der Waals surface area (Å²) in [4.78, 5) is 12.3. The Morgan fingerprint density at radius 3 is 3.00 bits per heavy atom. The predicted molar refractivity (Wildman–Crippen MR) is 84.6 cm³/mol. The molecule has 1 aliphatic heterocycles. The van der Waals surface area contributed by atoms with Gasteiger partial charge in [0, 0.05) is 6.04 Å². The van der Waals surface area contributed by atoms with Crippen molar-refractivity contribution in [3.8, 4) is 5.75 Å². The largest absolute Gasteiger partial charge is 0.496 e. The minimum atomic E-state index is -0.0346. The van der Waals surface area contributed by atoms with Crippen LogP contribution in [0, 0.1) is 0 Å². The molecular weight excluding hydrogens is 264 g/mol. The van der Waals surface area contributed by atoms with E-state index in [1.165, 1.54) is 12.8 Å². The number of benzene rings is 1. The van der Waals surface area contributed by atoms with Gasteiger partial charge in [-0.05, 0) is 44.4 Å². The predicted octanol–water partition coefficient (Wildman–Crippen LogP) is 2.27. The minimum Gasteiger partial charge on any atom is -0.496 e. The molecule has 116 valence electrons. The van der Waals surface area contributed by atoms with Gasteiger partial charge in [-0.2, -0.15) is 0 Å². The summed E-state index contributed by atoms with van der Waals surface area (Å²) in [5.41, 5.74) is 1.13. The molecular formula is C17H26N2O2. The van der Waals surface area contributed by atoms with Crippen LogP contribution in [0.5, 0.6) is 5.75 Å². The minimum absolute atomic E-state index is 0.0346. The quantitative estimate of drug-likeness (QED) is 0.874. The van der Waals surface area contributed by atoms with Crippen LogP contribution in [0.3, 0.4) is 0 Å². The highest BCUT2D eigenvalue weighted by molar-refractivity contribution is 5.82. The zero-order valence-corrected chi connectivity index (χ0v) is 13.0. The average molecular weight is 290 g/mol. The molecule has 1 amide bonds. The van der Waals surface area contributed by atoms with Crippen molar-refractivity contribution in [1.82, 2.24) is 10.6 Å². The topological polar surface area (TPSA) is 50.4 Å². The average Bonchev–Trinajstić information content (AvgIpc) is 2.76. The molecule has 4 nitrogen and oxygen atoms in total. The number of hydrogen-bond acceptors (Lipinski definition) is 3. The summed E-state index contributed by atoms with van der Waals surface area (Å²) < 4.78 is 5.36. The van der Waals surface area contributed by atoms with E-state index in [9.17, 15) is 4.79 Å². The number of methoxy groups -OCH3 is 1. The molecule has 1 saturated heterocycles. The standard InChI is InChI=1S/C17H26N2O2/c1-13(12-14-8-5-6-10-16(14)21-2)19-17(20)15-9-4-3-7-11-18-15/h5-6,8,10,13,15,18H,3-4,7,9,11-12H2,1-2H3,(H,19,20). The van der Waals surface area contributed by atoms with E-state index in [1.807, 2.05) is 31.2 Å². The van der Waals surface area contributed by atoms with Crippen LogP contribution < -0.4 is 15.4 Å². The first-order chi connectivity index (χ1) is 10.2. The molecule has 2 rings (SSSR count). The van der Waals surface area contributed by atoms with E-state index in [4.69, 9.17) is 4.74 Å². The number of hydrogen-bond donors (Lipinski definition) is 2. The summed E-state index contributed by atoms with van der Waals surface area (Å²) in [7, 11) is 1.68. The first-order valence-electron chi connectivity index (χ1n) is 7.86. The lowest BCUT2D eigenvalue weighted by molar-refractivity contribution is -0.123. The van der Waals surface area contributed by atoms with Crippen LogP contribution >= 0.6 is 0 Å². The van der Waals surface area contributed by atoms with Gasteiger partial charge in [-0.1, -0.05) is 31.0 Å². The normalized spacial score (nSPS) is 20.4. The Labute approximate surface area is 127 Å². The molecule has 2 unspecified atom stereocenters. The lowest BCUT2D eigenvalue weighted by Gasteiger charge is -2.20. The van der Waals surface area contributed by atoms with Gasteiger partial charge in [0.05, 0.1) is 13.2 Å². The van der Waals surface area contributed by atoms with Gasteiger partial charge in [-0.3, -0.25) is 4.79 Å². The Balaban J connectivity index is 1.88. The van der Waals surface area contributed by atoms with Gasteiger partial charge < -0.3 is 15.4 Å². The SMILES string of the molecule is COc1ccccc1CC(C)NC(=O)C1CCCCCN1. The van der Waals surface area contributed by atoms with E-state index in [0.29, 0.717) is 0 Å². The van der Waals surface area contributed by atoms with Crippen LogP contribution in [0.15, 0.2) is 24.3 Å². The zero-order valence-electron chi connectivity index (χ0n) is 13.0. The summed E-state index contributed by atoms with van der Waals surface area (Å²) in [6.07, 6.45) is 5.23. The van der Waals surface area contributed by atoms with Gasteiger partial charge in [-0.15, -0.1) is 0 Å². The second-order valence-electron chi connectivity index (χ2n) is 5.78. The third-order valence-corrected chi connectivity index (χ3v) is 3.98. The van der Waals surface area contributed by atoms with Gasteiger partial charge in [-0.25, -0.2) is 0 Å². The van der Waals surface area contributed by atoms with Gasteiger partial charge in [0.2, 0.25) is 5.91 Å². The van der Waals surface area contributed by atoms with E-state index in [1.54, 1.807) is 7.11 Å². The fourth-order valence-corrected chi connectivity index (χ4v) is 2.85. The van der Waals surface area contributed by atoms with Gasteiger partial charge in [0.15, 0.2) is 0 Å². The highest BCUT2D eigenvalue weighted by Crippen LogP contribution is 2.19. The number of rotatable bonds is 5. The maximum atomic E-state index is 12.3. The molecule has 1 fully saturated rings. The molecule has 0 spiro atoms. The Kier molecular flexibility index (Phi) is 6.05. The van der Waals surface area contributed by atoms with Gasteiger partial charge >= 0.3 is 0 Å². The highest BCUT2D eigenvalue weighted by atomic mass is 16.5. The number of ether oxygens (including phenoxy) is 1. The maximum Gasteiger partial charge on any atom is 0.237 e. The Hall–Kier alpha value is -1.55. The summed E-state index contributed by atoms with van der Waals surface area (Å²) in [5.74, 6) is 1.01. The molecule has 1 aliphatic rings. The second-order valence-corrected chi connectivity index (χ2v) is 5.78. The lowest BCUT2D eigenvalue weighted by Crippen LogP contribution is -2.47. The molecule has 2 N–H and O–H groups in total. The molecule has 0 saturated carbocycles. The molecule has 1 heterocycles. The monoisotopic (exact) mass is 290 g/mol. The van der Waals surface area contributed by atoms with E-state index in [0.717, 1.165) is 37.1 Å². The smallest absolute Gasteiger partial charge is 0.237 e. The van der Waals surface area contributed by atoms with E-state index in [-0.39, 0.29) is 18.0 Å². The Bertz CT molecular complexity index is 454. The van der Waals surface area contributed by atoms with Crippen LogP contribution in [0.4, 0.5) is 0 Å². The first kappa shape index (κ1) is 15.8. The Morgan fingerprint density at radius 2 is 2.19 bits per heavy atom.